The van der Waals surface area contributed by atoms with Gasteiger partial charge in [-0.25, -0.2) is 0 Å². The van der Waals surface area contributed by atoms with Crippen LogP contribution in [-0.4, -0.2) is 15.6 Å². The first-order valence-corrected chi connectivity index (χ1v) is 5.73. The zero-order valence-electron chi connectivity index (χ0n) is 9.44. The van der Waals surface area contributed by atoms with E-state index in [0.29, 0.717) is 24.2 Å². The number of hydrogen-bond acceptors (Lipinski definition) is 2. The molecule has 1 aromatic heterocycles. The third-order valence-corrected chi connectivity index (χ3v) is 2.85. The van der Waals surface area contributed by atoms with Crippen molar-refractivity contribution in [2.75, 3.05) is 0 Å². The summed E-state index contributed by atoms with van der Waals surface area (Å²) in [6.07, 6.45) is 5.68. The summed E-state index contributed by atoms with van der Waals surface area (Å²) in [7, 11) is 0. The Kier molecular flexibility index (Phi) is 2.89. The Balaban J connectivity index is 1.84. The summed E-state index contributed by atoms with van der Waals surface area (Å²) in [5.41, 5.74) is 1.04. The second-order valence-corrected chi connectivity index (χ2v) is 4.62. The van der Waals surface area contributed by atoms with Gasteiger partial charge in [-0.2, -0.15) is 5.10 Å². The van der Waals surface area contributed by atoms with Crippen LogP contribution in [0.3, 0.4) is 0 Å². The standard InChI is InChI=1S/C12H18N2O/c1-9(2)14-8-7-11(13-14)5-6-12(15)10-3-4-10/h7-10H,3-6H2,1-2H3. The summed E-state index contributed by atoms with van der Waals surface area (Å²) in [6.45, 7) is 4.21. The molecule has 1 heterocycles. The van der Waals surface area contributed by atoms with E-state index in [9.17, 15) is 4.79 Å². The van der Waals surface area contributed by atoms with Gasteiger partial charge in [0.2, 0.25) is 0 Å². The van der Waals surface area contributed by atoms with Gasteiger partial charge in [-0.15, -0.1) is 0 Å². The van der Waals surface area contributed by atoms with E-state index in [4.69, 9.17) is 0 Å². The van der Waals surface area contributed by atoms with Crippen LogP contribution in [0.2, 0.25) is 0 Å². The molecular formula is C12H18N2O. The Labute approximate surface area is 90.5 Å². The van der Waals surface area contributed by atoms with Gasteiger partial charge in [0, 0.05) is 24.6 Å². The van der Waals surface area contributed by atoms with E-state index in [1.165, 1.54) is 0 Å². The van der Waals surface area contributed by atoms with Crippen LogP contribution >= 0.6 is 0 Å². The van der Waals surface area contributed by atoms with Crippen molar-refractivity contribution >= 4 is 5.78 Å². The normalized spacial score (nSPS) is 15.9. The van der Waals surface area contributed by atoms with E-state index in [1.807, 2.05) is 16.9 Å². The van der Waals surface area contributed by atoms with Gasteiger partial charge in [-0.1, -0.05) is 0 Å². The van der Waals surface area contributed by atoms with E-state index < -0.39 is 0 Å². The lowest BCUT2D eigenvalue weighted by atomic mass is 10.1. The SMILES string of the molecule is CC(C)n1ccc(CCC(=O)C2CC2)n1. The van der Waals surface area contributed by atoms with Crippen molar-refractivity contribution in [1.29, 1.82) is 0 Å². The minimum absolute atomic E-state index is 0.386. The fraction of sp³-hybridized carbons (Fsp3) is 0.667. The molecule has 0 aliphatic heterocycles. The number of Topliss-reactive ketones (excluding diaryl/α,β-unsaturated/α-hetero) is 1. The van der Waals surface area contributed by atoms with Gasteiger partial charge in [0.15, 0.2) is 0 Å². The third-order valence-electron chi connectivity index (χ3n) is 2.85. The average Bonchev–Trinajstić information content (AvgIpc) is 2.93. The maximum absolute atomic E-state index is 11.5. The third kappa shape index (κ3) is 2.67. The maximum atomic E-state index is 11.5. The number of ketones is 1. The lowest BCUT2D eigenvalue weighted by Crippen LogP contribution is -2.04. The molecule has 0 bridgehead atoms. The van der Waals surface area contributed by atoms with Crippen LogP contribution in [0.5, 0.6) is 0 Å². The molecule has 1 aromatic rings. The van der Waals surface area contributed by atoms with Crippen LogP contribution in [0.4, 0.5) is 0 Å². The fourth-order valence-electron chi connectivity index (χ4n) is 1.66. The van der Waals surface area contributed by atoms with Crippen LogP contribution in [0.25, 0.3) is 0 Å². The molecular weight excluding hydrogens is 188 g/mol. The number of nitrogens with zero attached hydrogens (tertiary/aromatic N) is 2. The minimum atomic E-state index is 0.386. The van der Waals surface area contributed by atoms with Crippen LogP contribution < -0.4 is 0 Å². The van der Waals surface area contributed by atoms with Gasteiger partial charge >= 0.3 is 0 Å². The quantitative estimate of drug-likeness (QED) is 0.741. The van der Waals surface area contributed by atoms with E-state index in [-0.39, 0.29) is 0 Å². The number of hydrogen-bond donors (Lipinski definition) is 0. The van der Waals surface area contributed by atoms with Gasteiger partial charge in [-0.3, -0.25) is 9.48 Å². The number of rotatable bonds is 5. The van der Waals surface area contributed by atoms with Gasteiger partial charge in [0.1, 0.15) is 5.78 Å². The van der Waals surface area contributed by atoms with Crippen molar-refractivity contribution in [2.24, 2.45) is 5.92 Å². The molecule has 1 aliphatic carbocycles. The molecule has 1 aliphatic rings. The smallest absolute Gasteiger partial charge is 0.136 e. The molecule has 0 unspecified atom stereocenters. The lowest BCUT2D eigenvalue weighted by molar-refractivity contribution is -0.120. The van der Waals surface area contributed by atoms with E-state index >= 15 is 0 Å². The predicted octanol–water partition coefficient (Wildman–Crippen LogP) is 2.38. The molecule has 0 aromatic carbocycles. The van der Waals surface area contributed by atoms with Gasteiger partial charge in [-0.05, 0) is 39.2 Å². The summed E-state index contributed by atoms with van der Waals surface area (Å²) in [4.78, 5) is 11.5. The van der Waals surface area contributed by atoms with Gasteiger partial charge in [0.25, 0.3) is 0 Å². The molecule has 0 amide bonds. The highest BCUT2D eigenvalue weighted by Crippen LogP contribution is 2.31. The second kappa shape index (κ2) is 4.17. The molecule has 82 valence electrons. The first-order chi connectivity index (χ1) is 7.16. The molecule has 15 heavy (non-hydrogen) atoms. The van der Waals surface area contributed by atoms with Gasteiger partial charge < -0.3 is 0 Å². The van der Waals surface area contributed by atoms with Crippen molar-refractivity contribution < 1.29 is 4.79 Å². The Morgan fingerprint density at radius 3 is 2.87 bits per heavy atom. The molecule has 0 spiro atoms. The zero-order valence-corrected chi connectivity index (χ0v) is 9.44. The van der Waals surface area contributed by atoms with Crippen molar-refractivity contribution in [3.63, 3.8) is 0 Å². The molecule has 2 rings (SSSR count). The Morgan fingerprint density at radius 1 is 1.60 bits per heavy atom. The van der Waals surface area contributed by atoms with E-state index in [2.05, 4.69) is 18.9 Å². The highest BCUT2D eigenvalue weighted by Gasteiger charge is 2.28. The number of carbonyl (C=O) groups excluding carboxylic acids is 1. The van der Waals surface area contributed by atoms with Crippen LogP contribution in [-0.2, 0) is 11.2 Å². The highest BCUT2D eigenvalue weighted by atomic mass is 16.1. The Hall–Kier alpha value is -1.12. The van der Waals surface area contributed by atoms with E-state index in [1.54, 1.807) is 0 Å². The second-order valence-electron chi connectivity index (χ2n) is 4.62. The highest BCUT2D eigenvalue weighted by molar-refractivity contribution is 5.83. The summed E-state index contributed by atoms with van der Waals surface area (Å²) >= 11 is 0. The summed E-state index contributed by atoms with van der Waals surface area (Å²) in [6, 6.07) is 2.41. The van der Waals surface area contributed by atoms with Crippen LogP contribution in [0.15, 0.2) is 12.3 Å². The number of aromatic nitrogens is 2. The molecule has 1 saturated carbocycles. The number of aryl methyl sites for hydroxylation is 1. The molecule has 0 atom stereocenters. The maximum Gasteiger partial charge on any atom is 0.136 e. The van der Waals surface area contributed by atoms with Crippen LogP contribution in [0.1, 0.15) is 44.8 Å². The molecule has 3 nitrogen and oxygen atoms in total. The summed E-state index contributed by atoms with van der Waals surface area (Å²) in [5.74, 6) is 0.811. The van der Waals surface area contributed by atoms with E-state index in [0.717, 1.165) is 25.0 Å². The summed E-state index contributed by atoms with van der Waals surface area (Å²) < 4.78 is 1.94. The molecule has 0 radical (unpaired) electrons. The van der Waals surface area contributed by atoms with Crippen molar-refractivity contribution in [2.45, 2.75) is 45.6 Å². The largest absolute Gasteiger partial charge is 0.299 e. The Bertz CT molecular complexity index is 350. The monoisotopic (exact) mass is 206 g/mol. The Morgan fingerprint density at radius 2 is 2.33 bits per heavy atom. The molecule has 1 fully saturated rings. The van der Waals surface area contributed by atoms with Gasteiger partial charge in [0.05, 0.1) is 5.69 Å². The number of carbonyl (C=O) groups is 1. The average molecular weight is 206 g/mol. The van der Waals surface area contributed by atoms with Crippen molar-refractivity contribution in [3.05, 3.63) is 18.0 Å². The lowest BCUT2D eigenvalue weighted by Gasteiger charge is -2.03. The predicted molar refractivity (Wildman–Crippen MR) is 58.7 cm³/mol. The first kappa shape index (κ1) is 10.4. The molecule has 3 heteroatoms. The topological polar surface area (TPSA) is 34.9 Å². The summed E-state index contributed by atoms with van der Waals surface area (Å²) in [5, 5.41) is 4.43. The van der Waals surface area contributed by atoms with Crippen molar-refractivity contribution in [1.82, 2.24) is 9.78 Å². The minimum Gasteiger partial charge on any atom is -0.299 e. The first-order valence-electron chi connectivity index (χ1n) is 5.73. The van der Waals surface area contributed by atoms with Crippen LogP contribution in [0, 0.1) is 5.92 Å². The zero-order chi connectivity index (χ0) is 10.8. The fourth-order valence-corrected chi connectivity index (χ4v) is 1.66. The molecule has 0 N–H and O–H groups in total. The van der Waals surface area contributed by atoms with Crippen molar-refractivity contribution in [3.8, 4) is 0 Å². The molecule has 0 saturated heterocycles.